The van der Waals surface area contributed by atoms with Crippen LogP contribution in [0.3, 0.4) is 0 Å². The van der Waals surface area contributed by atoms with Gasteiger partial charge < -0.3 is 11.1 Å². The van der Waals surface area contributed by atoms with Gasteiger partial charge in [-0.1, -0.05) is 43.4 Å². The first-order chi connectivity index (χ1) is 8.05. The van der Waals surface area contributed by atoms with E-state index in [2.05, 4.69) is 54.5 Å². The SMILES string of the molecule is [CH2-][Si](C)(C)N1CCC(Cc2ccccc2)CC1.[Li+]. The predicted molar refractivity (Wildman–Crippen MR) is 77.3 cm³/mol. The molecule has 1 nitrogen and oxygen atoms in total. The number of hydrogen-bond donors (Lipinski definition) is 0. The van der Waals surface area contributed by atoms with Crippen LogP contribution >= 0.6 is 0 Å². The minimum atomic E-state index is -1.29. The van der Waals surface area contributed by atoms with E-state index < -0.39 is 8.24 Å². The third-order valence-electron chi connectivity index (χ3n) is 3.84. The summed E-state index contributed by atoms with van der Waals surface area (Å²) >= 11 is 0. The van der Waals surface area contributed by atoms with Gasteiger partial charge in [-0.05, 0) is 52.1 Å². The van der Waals surface area contributed by atoms with Crippen molar-refractivity contribution in [1.29, 1.82) is 0 Å². The van der Waals surface area contributed by atoms with Gasteiger partial charge in [0, 0.05) is 0 Å². The van der Waals surface area contributed by atoms with E-state index in [1.807, 2.05) is 0 Å². The molecule has 1 saturated heterocycles. The summed E-state index contributed by atoms with van der Waals surface area (Å²) in [7, 11) is -1.29. The Bertz CT molecular complexity index is 339. The Hall–Kier alpha value is -0.00571. The molecular weight excluding hydrogens is 229 g/mol. The third kappa shape index (κ3) is 4.59. The molecule has 0 bridgehead atoms. The van der Waals surface area contributed by atoms with E-state index in [9.17, 15) is 0 Å². The minimum absolute atomic E-state index is 0. The maximum Gasteiger partial charge on any atom is 1.00 e. The molecule has 1 aromatic carbocycles. The quantitative estimate of drug-likeness (QED) is 0.561. The van der Waals surface area contributed by atoms with Gasteiger partial charge in [-0.15, -0.1) is 0 Å². The predicted octanol–water partition coefficient (Wildman–Crippen LogP) is 0.523. The second kappa shape index (κ2) is 6.96. The average Bonchev–Trinajstić information content (AvgIpc) is 2.30. The maximum absolute atomic E-state index is 4.37. The summed E-state index contributed by atoms with van der Waals surface area (Å²) in [6.45, 7) is 11.6. The van der Waals surface area contributed by atoms with Crippen LogP contribution in [0.25, 0.3) is 0 Å². The van der Waals surface area contributed by atoms with Gasteiger partial charge in [0.05, 0.1) is 0 Å². The molecule has 0 spiro atoms. The van der Waals surface area contributed by atoms with E-state index in [4.69, 9.17) is 0 Å². The molecule has 0 N–H and O–H groups in total. The number of piperidine rings is 1. The molecule has 3 heteroatoms. The summed E-state index contributed by atoms with van der Waals surface area (Å²) in [5.41, 5.74) is 1.50. The van der Waals surface area contributed by atoms with Gasteiger partial charge in [0.2, 0.25) is 0 Å². The molecule has 18 heavy (non-hydrogen) atoms. The topological polar surface area (TPSA) is 3.24 Å². The van der Waals surface area contributed by atoms with E-state index in [0.29, 0.717) is 0 Å². The molecule has 0 aromatic heterocycles. The largest absolute Gasteiger partial charge is 1.00 e. The zero-order chi connectivity index (χ0) is 12.3. The van der Waals surface area contributed by atoms with Crippen molar-refractivity contribution in [3.05, 3.63) is 42.4 Å². The Morgan fingerprint density at radius 3 is 2.22 bits per heavy atom. The number of rotatable bonds is 3. The minimum Gasteiger partial charge on any atom is -0.351 e. The Labute approximate surface area is 125 Å². The van der Waals surface area contributed by atoms with Crippen LogP contribution in [-0.2, 0) is 6.42 Å². The van der Waals surface area contributed by atoms with Crippen LogP contribution in [0.5, 0.6) is 0 Å². The fourth-order valence-corrected chi connectivity index (χ4v) is 4.16. The van der Waals surface area contributed by atoms with Crippen molar-refractivity contribution in [2.45, 2.75) is 32.4 Å². The number of nitrogens with zero attached hydrogens (tertiary/aromatic N) is 1. The van der Waals surface area contributed by atoms with Gasteiger partial charge in [-0.25, -0.2) is 0 Å². The number of hydrogen-bond acceptors (Lipinski definition) is 1. The summed E-state index contributed by atoms with van der Waals surface area (Å²) < 4.78 is 2.65. The second-order valence-corrected chi connectivity index (χ2v) is 10.2. The second-order valence-electron chi connectivity index (χ2n) is 5.93. The molecule has 0 saturated carbocycles. The molecule has 0 radical (unpaired) electrons. The van der Waals surface area contributed by atoms with Crippen LogP contribution in [0.2, 0.25) is 13.1 Å². The number of benzene rings is 1. The van der Waals surface area contributed by atoms with Crippen molar-refractivity contribution < 1.29 is 18.9 Å². The first-order valence-electron chi connectivity index (χ1n) is 6.70. The Morgan fingerprint density at radius 1 is 1.17 bits per heavy atom. The van der Waals surface area contributed by atoms with Gasteiger partial charge in [0.25, 0.3) is 0 Å². The van der Waals surface area contributed by atoms with Crippen LogP contribution < -0.4 is 18.9 Å². The Balaban J connectivity index is 0.00000162. The molecule has 94 valence electrons. The van der Waals surface area contributed by atoms with Crippen molar-refractivity contribution in [2.24, 2.45) is 5.92 Å². The fraction of sp³-hybridized carbons (Fsp3) is 0.533. The zero-order valence-electron chi connectivity index (χ0n) is 12.2. The van der Waals surface area contributed by atoms with E-state index in [-0.39, 0.29) is 18.9 Å². The standard InChI is InChI=1S/C15H24NSi.Li/c1-17(2,3)16-11-9-15(10-12-16)13-14-7-5-4-6-8-14;/h4-8,15H,1,9-13H2,2-3H3;/q-1;+1. The van der Waals surface area contributed by atoms with Crippen LogP contribution in [0.15, 0.2) is 30.3 Å². The average molecular weight is 253 g/mol. The van der Waals surface area contributed by atoms with Crippen LogP contribution in [-0.4, -0.2) is 25.9 Å². The molecule has 1 aliphatic heterocycles. The molecular formula is C15H24LiNSi. The van der Waals surface area contributed by atoms with Crippen LogP contribution in [0, 0.1) is 12.5 Å². The van der Waals surface area contributed by atoms with Crippen LogP contribution in [0.1, 0.15) is 18.4 Å². The normalized spacial score (nSPS) is 18.4. The van der Waals surface area contributed by atoms with E-state index in [1.165, 1.54) is 37.9 Å². The van der Waals surface area contributed by atoms with E-state index in [1.54, 1.807) is 0 Å². The zero-order valence-corrected chi connectivity index (χ0v) is 13.2. The van der Waals surface area contributed by atoms with Crippen molar-refractivity contribution in [1.82, 2.24) is 4.57 Å². The molecule has 1 fully saturated rings. The molecule has 1 heterocycles. The van der Waals surface area contributed by atoms with Gasteiger partial charge in [0.15, 0.2) is 0 Å². The summed E-state index contributed by atoms with van der Waals surface area (Å²) in [5.74, 6) is 0.880. The monoisotopic (exact) mass is 253 g/mol. The molecule has 0 amide bonds. The van der Waals surface area contributed by atoms with Gasteiger partial charge in [0.1, 0.15) is 0 Å². The molecule has 1 aliphatic rings. The van der Waals surface area contributed by atoms with Gasteiger partial charge in [-0.2, -0.15) is 0 Å². The summed E-state index contributed by atoms with van der Waals surface area (Å²) in [4.78, 5) is 0. The molecule has 0 unspecified atom stereocenters. The molecule has 0 aliphatic carbocycles. The summed E-state index contributed by atoms with van der Waals surface area (Å²) in [6.07, 6.45) is 3.95. The van der Waals surface area contributed by atoms with E-state index in [0.717, 1.165) is 5.92 Å². The smallest absolute Gasteiger partial charge is 0.351 e. The van der Waals surface area contributed by atoms with Crippen molar-refractivity contribution in [3.63, 3.8) is 0 Å². The Morgan fingerprint density at radius 2 is 1.72 bits per heavy atom. The summed E-state index contributed by atoms with van der Waals surface area (Å²) in [6, 6.07) is 10.9. The summed E-state index contributed by atoms with van der Waals surface area (Å²) in [5, 5.41) is 0. The van der Waals surface area contributed by atoms with Gasteiger partial charge in [-0.3, -0.25) is 0 Å². The van der Waals surface area contributed by atoms with Crippen molar-refractivity contribution >= 4 is 8.24 Å². The van der Waals surface area contributed by atoms with Crippen LogP contribution in [0.4, 0.5) is 0 Å². The first-order valence-corrected chi connectivity index (χ1v) is 9.85. The van der Waals surface area contributed by atoms with Gasteiger partial charge >= 0.3 is 18.9 Å². The van der Waals surface area contributed by atoms with Crippen molar-refractivity contribution in [2.75, 3.05) is 13.1 Å². The fourth-order valence-electron chi connectivity index (χ4n) is 2.69. The molecule has 0 atom stereocenters. The van der Waals surface area contributed by atoms with Crippen molar-refractivity contribution in [3.8, 4) is 0 Å². The van der Waals surface area contributed by atoms with E-state index >= 15 is 0 Å². The molecule has 1 aromatic rings. The molecule has 2 rings (SSSR count). The Kier molecular flexibility index (Phi) is 6.21. The maximum atomic E-state index is 4.37. The third-order valence-corrected chi connectivity index (χ3v) is 6.00. The first kappa shape index (κ1) is 16.0.